The zero-order valence-corrected chi connectivity index (χ0v) is 4.93. The highest BCUT2D eigenvalue weighted by Gasteiger charge is 1.54. The molecule has 0 aromatic heterocycles. The van der Waals surface area contributed by atoms with Crippen LogP contribution in [0.25, 0.3) is 0 Å². The van der Waals surface area contributed by atoms with Crippen molar-refractivity contribution in [2.24, 2.45) is 10.3 Å². The number of carbonyl (C=O) groups excluding carboxylic acids is 1. The second-order valence-electron chi connectivity index (χ2n) is 0.765. The molecule has 0 atom stereocenters. The van der Waals surface area contributed by atoms with Crippen molar-refractivity contribution in [2.45, 2.75) is 6.92 Å². The summed E-state index contributed by atoms with van der Waals surface area (Å²) in [5.74, 6) is 0. The Bertz CT molecular complexity index is 90.0. The average molecular weight is 132 g/mol. The van der Waals surface area contributed by atoms with Crippen LogP contribution in [0.1, 0.15) is 6.92 Å². The first-order valence-electron chi connectivity index (χ1n) is 2.06. The average Bonchev–Trinajstić information content (AvgIpc) is 1.86. The van der Waals surface area contributed by atoms with Gasteiger partial charge in [0.15, 0.2) is 0 Å². The second kappa shape index (κ2) is 16.0. The summed E-state index contributed by atoms with van der Waals surface area (Å²) in [5.41, 5.74) is 0. The molecule has 0 unspecified atom stereocenters. The van der Waals surface area contributed by atoms with Gasteiger partial charge >= 0.3 is 0 Å². The predicted octanol–water partition coefficient (Wildman–Crippen LogP) is 0.112. The molecule has 0 aliphatic rings. The summed E-state index contributed by atoms with van der Waals surface area (Å²) in [6.07, 6.45) is 2.64. The molecular weight excluding hydrogens is 124 g/mol. The lowest BCUT2D eigenvalue weighted by atomic mass is 10.8. The van der Waals surface area contributed by atoms with E-state index in [9.17, 15) is 0 Å². The van der Waals surface area contributed by atoms with E-state index in [1.54, 1.807) is 0 Å². The summed E-state index contributed by atoms with van der Waals surface area (Å²) >= 11 is 0. The van der Waals surface area contributed by atoms with Crippen LogP contribution in [0.2, 0.25) is 0 Å². The van der Waals surface area contributed by atoms with E-state index in [1.165, 1.54) is 6.92 Å². The first-order chi connectivity index (χ1) is 4.33. The number of hydrogen-bond donors (Lipinski definition) is 2. The third kappa shape index (κ3) is 54.2. The molecule has 2 N–H and O–H groups in total. The highest BCUT2D eigenvalue weighted by atomic mass is 16.4. The fourth-order valence-corrected chi connectivity index (χ4v) is 0.0596. The molecule has 0 saturated heterocycles. The van der Waals surface area contributed by atoms with Gasteiger partial charge in [-0.2, -0.15) is 0 Å². The summed E-state index contributed by atoms with van der Waals surface area (Å²) in [5, 5.41) is 20.1. The van der Waals surface area contributed by atoms with Gasteiger partial charge in [-0.05, 0) is 6.92 Å². The molecule has 0 aliphatic carbocycles. The number of carbonyl (C=O) groups is 1. The van der Waals surface area contributed by atoms with Gasteiger partial charge in [-0.1, -0.05) is 10.3 Å². The van der Waals surface area contributed by atoms with Crippen LogP contribution in [0.4, 0.5) is 0 Å². The van der Waals surface area contributed by atoms with Crippen LogP contribution in [0.3, 0.4) is 0 Å². The SMILES string of the molecule is CC=O.O/N=C/C=N/O. The molecule has 5 heteroatoms. The smallest absolute Gasteiger partial charge is 0.116 e. The number of rotatable bonds is 1. The van der Waals surface area contributed by atoms with E-state index in [1.807, 2.05) is 0 Å². The van der Waals surface area contributed by atoms with Crippen molar-refractivity contribution in [1.29, 1.82) is 0 Å². The van der Waals surface area contributed by atoms with Crippen molar-refractivity contribution < 1.29 is 15.2 Å². The Labute approximate surface area is 52.3 Å². The molecule has 0 radical (unpaired) electrons. The van der Waals surface area contributed by atoms with Crippen LogP contribution in [0.5, 0.6) is 0 Å². The van der Waals surface area contributed by atoms with E-state index in [0.717, 1.165) is 18.7 Å². The molecule has 0 aromatic rings. The molecule has 0 fully saturated rings. The van der Waals surface area contributed by atoms with Crippen LogP contribution in [-0.4, -0.2) is 29.1 Å². The van der Waals surface area contributed by atoms with Crippen LogP contribution in [0, 0.1) is 0 Å². The van der Waals surface area contributed by atoms with Gasteiger partial charge in [0.2, 0.25) is 0 Å². The van der Waals surface area contributed by atoms with E-state index in [0.29, 0.717) is 0 Å². The van der Waals surface area contributed by atoms with E-state index in [2.05, 4.69) is 10.3 Å². The minimum absolute atomic E-state index is 0.750. The molecule has 9 heavy (non-hydrogen) atoms. The van der Waals surface area contributed by atoms with E-state index in [-0.39, 0.29) is 0 Å². The quantitative estimate of drug-likeness (QED) is 0.230. The topological polar surface area (TPSA) is 82.2 Å². The maximum absolute atomic E-state index is 8.81. The lowest BCUT2D eigenvalue weighted by Gasteiger charge is -1.62. The lowest BCUT2D eigenvalue weighted by molar-refractivity contribution is -0.106. The monoisotopic (exact) mass is 132 g/mol. The van der Waals surface area contributed by atoms with Crippen LogP contribution in [-0.2, 0) is 4.79 Å². The van der Waals surface area contributed by atoms with E-state index < -0.39 is 0 Å². The standard InChI is InChI=1S/C2H4N2O2.C2H4O/c5-3-1-2-4-6;1-2-3/h1-2,5-6H;2H,1H3/b3-1+,4-2+;. The molecule has 0 saturated carbocycles. The maximum atomic E-state index is 8.81. The van der Waals surface area contributed by atoms with E-state index in [4.69, 9.17) is 15.2 Å². The summed E-state index contributed by atoms with van der Waals surface area (Å²) in [4.78, 5) is 8.81. The highest BCUT2D eigenvalue weighted by Crippen LogP contribution is 1.45. The van der Waals surface area contributed by atoms with Gasteiger partial charge in [0.1, 0.15) is 6.29 Å². The van der Waals surface area contributed by atoms with Gasteiger partial charge in [-0.3, -0.25) is 0 Å². The number of oxime groups is 2. The largest absolute Gasteiger partial charge is 0.411 e. The molecule has 0 aromatic carbocycles. The normalized spacial score (nSPS) is 9.00. The Balaban J connectivity index is 0. The summed E-state index contributed by atoms with van der Waals surface area (Å²) in [7, 11) is 0. The van der Waals surface area contributed by atoms with Gasteiger partial charge in [0.25, 0.3) is 0 Å². The lowest BCUT2D eigenvalue weighted by Crippen LogP contribution is -1.70. The predicted molar refractivity (Wildman–Crippen MR) is 32.3 cm³/mol. The zero-order valence-electron chi connectivity index (χ0n) is 4.93. The summed E-state index contributed by atoms with van der Waals surface area (Å²) in [6, 6.07) is 0. The molecule has 0 amide bonds. The van der Waals surface area contributed by atoms with Crippen molar-refractivity contribution in [3.8, 4) is 0 Å². The fraction of sp³-hybridized carbons (Fsp3) is 0.250. The first-order valence-corrected chi connectivity index (χ1v) is 2.06. The minimum atomic E-state index is 0.750. The molecule has 0 heterocycles. The van der Waals surface area contributed by atoms with Crippen molar-refractivity contribution in [1.82, 2.24) is 0 Å². The molecule has 0 bridgehead atoms. The Hall–Kier alpha value is -1.39. The Kier molecular flexibility index (Phi) is 18.7. The molecular formula is C4H8N2O3. The highest BCUT2D eigenvalue weighted by molar-refractivity contribution is 6.15. The minimum Gasteiger partial charge on any atom is -0.411 e. The van der Waals surface area contributed by atoms with Gasteiger partial charge in [-0.25, -0.2) is 0 Å². The zero-order chi connectivity index (χ0) is 7.54. The van der Waals surface area contributed by atoms with Gasteiger partial charge in [0.05, 0.1) is 12.4 Å². The van der Waals surface area contributed by atoms with E-state index >= 15 is 0 Å². The number of hydrogen-bond acceptors (Lipinski definition) is 5. The number of nitrogens with zero attached hydrogens (tertiary/aromatic N) is 2. The van der Waals surface area contributed by atoms with Gasteiger partial charge < -0.3 is 15.2 Å². The molecule has 5 nitrogen and oxygen atoms in total. The molecule has 0 rings (SSSR count). The third-order valence-corrected chi connectivity index (χ3v) is 0.200. The van der Waals surface area contributed by atoms with Crippen molar-refractivity contribution >= 4 is 18.7 Å². The maximum Gasteiger partial charge on any atom is 0.116 e. The molecule has 0 spiro atoms. The van der Waals surface area contributed by atoms with Crippen molar-refractivity contribution in [3.05, 3.63) is 0 Å². The van der Waals surface area contributed by atoms with Gasteiger partial charge in [-0.15, -0.1) is 0 Å². The first kappa shape index (κ1) is 10.6. The Morgan fingerprint density at radius 3 is 1.56 bits per heavy atom. The number of aldehydes is 1. The van der Waals surface area contributed by atoms with Gasteiger partial charge in [0, 0.05) is 0 Å². The van der Waals surface area contributed by atoms with Crippen LogP contribution >= 0.6 is 0 Å². The van der Waals surface area contributed by atoms with Crippen molar-refractivity contribution in [3.63, 3.8) is 0 Å². The molecule has 52 valence electrons. The second-order valence-corrected chi connectivity index (χ2v) is 0.765. The Morgan fingerprint density at radius 2 is 1.44 bits per heavy atom. The molecule has 0 aliphatic heterocycles. The fourth-order valence-electron chi connectivity index (χ4n) is 0.0596. The van der Waals surface area contributed by atoms with Crippen LogP contribution in [0.15, 0.2) is 10.3 Å². The Morgan fingerprint density at radius 1 is 1.22 bits per heavy atom. The van der Waals surface area contributed by atoms with Crippen LogP contribution < -0.4 is 0 Å². The third-order valence-electron chi connectivity index (χ3n) is 0.200. The summed E-state index contributed by atoms with van der Waals surface area (Å²) in [6.45, 7) is 1.44. The van der Waals surface area contributed by atoms with Crippen molar-refractivity contribution in [2.75, 3.05) is 0 Å². The summed E-state index contributed by atoms with van der Waals surface area (Å²) < 4.78 is 0.